The number of hydrogen-bond acceptors (Lipinski definition) is 2. The Morgan fingerprint density at radius 3 is 2.60 bits per heavy atom. The summed E-state index contributed by atoms with van der Waals surface area (Å²) < 4.78 is 14.0. The SMILES string of the molecule is CCNC1CC2CCCC(C1)N2c1ccc(F)c(Br)c1. The van der Waals surface area contributed by atoms with Gasteiger partial charge >= 0.3 is 0 Å². The van der Waals surface area contributed by atoms with Crippen molar-refractivity contribution in [1.82, 2.24) is 5.32 Å². The van der Waals surface area contributed by atoms with Crippen LogP contribution in [-0.2, 0) is 0 Å². The molecule has 0 radical (unpaired) electrons. The van der Waals surface area contributed by atoms with Crippen LogP contribution in [0.2, 0.25) is 0 Å². The second-order valence-corrected chi connectivity index (χ2v) is 6.82. The number of rotatable bonds is 3. The molecule has 2 unspecified atom stereocenters. The zero-order valence-corrected chi connectivity index (χ0v) is 13.5. The zero-order chi connectivity index (χ0) is 14.1. The fourth-order valence-electron chi connectivity index (χ4n) is 3.90. The highest BCUT2D eigenvalue weighted by Gasteiger charge is 2.38. The maximum atomic E-state index is 13.4. The molecule has 0 saturated carbocycles. The third-order valence-corrected chi connectivity index (χ3v) is 5.28. The van der Waals surface area contributed by atoms with E-state index in [0.717, 1.165) is 6.54 Å². The Bertz CT molecular complexity index is 466. The van der Waals surface area contributed by atoms with Crippen molar-refractivity contribution in [3.8, 4) is 0 Å². The maximum Gasteiger partial charge on any atom is 0.137 e. The summed E-state index contributed by atoms with van der Waals surface area (Å²) in [4.78, 5) is 2.54. The second kappa shape index (κ2) is 6.02. The molecule has 0 aromatic heterocycles. The molecule has 1 N–H and O–H groups in total. The molecular weight excluding hydrogens is 319 g/mol. The van der Waals surface area contributed by atoms with Crippen molar-refractivity contribution in [3.05, 3.63) is 28.5 Å². The van der Waals surface area contributed by atoms with Crippen LogP contribution < -0.4 is 10.2 Å². The van der Waals surface area contributed by atoms with Gasteiger partial charge in [0.2, 0.25) is 0 Å². The molecule has 0 aliphatic carbocycles. The van der Waals surface area contributed by atoms with E-state index in [-0.39, 0.29) is 5.82 Å². The number of fused-ring (bicyclic) bond motifs is 2. The lowest BCUT2D eigenvalue weighted by Gasteiger charge is -2.50. The van der Waals surface area contributed by atoms with Crippen molar-refractivity contribution >= 4 is 21.6 Å². The van der Waals surface area contributed by atoms with Crippen LogP contribution in [0.5, 0.6) is 0 Å². The van der Waals surface area contributed by atoms with Gasteiger partial charge in [0.25, 0.3) is 0 Å². The lowest BCUT2D eigenvalue weighted by atomic mass is 9.81. The summed E-state index contributed by atoms with van der Waals surface area (Å²) in [6.07, 6.45) is 6.26. The fraction of sp³-hybridized carbons (Fsp3) is 0.625. The highest BCUT2D eigenvalue weighted by atomic mass is 79.9. The van der Waals surface area contributed by atoms with Gasteiger partial charge in [0.1, 0.15) is 5.82 Å². The number of hydrogen-bond donors (Lipinski definition) is 1. The first-order chi connectivity index (χ1) is 9.69. The first-order valence-electron chi connectivity index (χ1n) is 7.65. The van der Waals surface area contributed by atoms with E-state index < -0.39 is 0 Å². The molecule has 3 rings (SSSR count). The topological polar surface area (TPSA) is 15.3 Å². The smallest absolute Gasteiger partial charge is 0.137 e. The summed E-state index contributed by atoms with van der Waals surface area (Å²) >= 11 is 3.32. The maximum absolute atomic E-state index is 13.4. The number of nitrogens with one attached hydrogen (secondary N) is 1. The molecule has 2 saturated heterocycles. The van der Waals surface area contributed by atoms with E-state index in [0.29, 0.717) is 22.6 Å². The van der Waals surface area contributed by atoms with Crippen molar-refractivity contribution in [2.24, 2.45) is 0 Å². The van der Waals surface area contributed by atoms with Gasteiger partial charge in [-0.1, -0.05) is 6.92 Å². The lowest BCUT2D eigenvalue weighted by Crippen LogP contribution is -2.56. The van der Waals surface area contributed by atoms with Crippen LogP contribution in [0, 0.1) is 5.82 Å². The number of anilines is 1. The van der Waals surface area contributed by atoms with E-state index in [1.54, 1.807) is 6.07 Å². The van der Waals surface area contributed by atoms with Crippen LogP contribution in [0.3, 0.4) is 0 Å². The Morgan fingerprint density at radius 2 is 2.00 bits per heavy atom. The highest BCUT2D eigenvalue weighted by molar-refractivity contribution is 9.10. The largest absolute Gasteiger partial charge is 0.365 e. The van der Waals surface area contributed by atoms with Gasteiger partial charge in [-0.3, -0.25) is 0 Å². The third kappa shape index (κ3) is 2.73. The molecule has 2 aliphatic heterocycles. The Morgan fingerprint density at radius 1 is 1.30 bits per heavy atom. The Kier molecular flexibility index (Phi) is 4.32. The number of benzene rings is 1. The predicted octanol–water partition coefficient (Wildman–Crippen LogP) is 4.09. The van der Waals surface area contributed by atoms with Crippen molar-refractivity contribution in [3.63, 3.8) is 0 Å². The molecule has 0 spiro atoms. The van der Waals surface area contributed by atoms with Gasteiger partial charge in [0, 0.05) is 23.8 Å². The number of nitrogens with zero attached hydrogens (tertiary/aromatic N) is 1. The summed E-state index contributed by atoms with van der Waals surface area (Å²) in [5.74, 6) is -0.179. The summed E-state index contributed by atoms with van der Waals surface area (Å²) in [6.45, 7) is 3.23. The number of halogens is 2. The lowest BCUT2D eigenvalue weighted by molar-refractivity contribution is 0.247. The minimum atomic E-state index is -0.179. The minimum Gasteiger partial charge on any atom is -0.365 e. The molecule has 2 fully saturated rings. The first kappa shape index (κ1) is 14.3. The van der Waals surface area contributed by atoms with Crippen molar-refractivity contribution < 1.29 is 4.39 Å². The summed E-state index contributed by atoms with van der Waals surface area (Å²) in [5, 5.41) is 3.61. The zero-order valence-electron chi connectivity index (χ0n) is 11.9. The highest BCUT2D eigenvalue weighted by Crippen LogP contribution is 2.38. The van der Waals surface area contributed by atoms with E-state index in [1.807, 2.05) is 12.1 Å². The predicted molar refractivity (Wildman–Crippen MR) is 84.7 cm³/mol. The molecule has 2 nitrogen and oxygen atoms in total. The van der Waals surface area contributed by atoms with Crippen LogP contribution in [-0.4, -0.2) is 24.7 Å². The minimum absolute atomic E-state index is 0.179. The molecule has 20 heavy (non-hydrogen) atoms. The van der Waals surface area contributed by atoms with Gasteiger partial charge in [-0.15, -0.1) is 0 Å². The van der Waals surface area contributed by atoms with Crippen LogP contribution >= 0.6 is 15.9 Å². The third-order valence-electron chi connectivity index (χ3n) is 4.67. The first-order valence-corrected chi connectivity index (χ1v) is 8.45. The Balaban J connectivity index is 1.84. The van der Waals surface area contributed by atoms with Crippen molar-refractivity contribution in [2.45, 2.75) is 57.2 Å². The molecule has 4 heteroatoms. The average Bonchev–Trinajstić information content (AvgIpc) is 2.41. The van der Waals surface area contributed by atoms with Crippen molar-refractivity contribution in [1.29, 1.82) is 0 Å². The molecular formula is C16H22BrFN2. The van der Waals surface area contributed by atoms with Gasteiger partial charge < -0.3 is 10.2 Å². The fourth-order valence-corrected chi connectivity index (χ4v) is 4.27. The van der Waals surface area contributed by atoms with Gasteiger partial charge in [0.05, 0.1) is 4.47 Å². The van der Waals surface area contributed by atoms with E-state index in [1.165, 1.54) is 37.8 Å². The van der Waals surface area contributed by atoms with Crippen LogP contribution in [0.25, 0.3) is 0 Å². The molecule has 2 heterocycles. The summed E-state index contributed by atoms with van der Waals surface area (Å²) in [6, 6.07) is 7.29. The van der Waals surface area contributed by atoms with Gasteiger partial charge in [-0.2, -0.15) is 0 Å². The standard InChI is InChI=1S/C16H22BrFN2/c1-2-19-11-8-12-4-3-5-13(9-11)20(12)14-6-7-16(18)15(17)10-14/h6-7,10-13,19H,2-5,8-9H2,1H3. The summed E-state index contributed by atoms with van der Waals surface area (Å²) in [7, 11) is 0. The van der Waals surface area contributed by atoms with Crippen LogP contribution in [0.1, 0.15) is 39.0 Å². The quantitative estimate of drug-likeness (QED) is 0.891. The molecule has 1 aromatic carbocycles. The molecule has 2 atom stereocenters. The van der Waals surface area contributed by atoms with E-state index >= 15 is 0 Å². The number of piperidine rings is 2. The van der Waals surface area contributed by atoms with E-state index in [4.69, 9.17) is 0 Å². The van der Waals surface area contributed by atoms with Crippen LogP contribution in [0.4, 0.5) is 10.1 Å². The van der Waals surface area contributed by atoms with Gasteiger partial charge in [0.15, 0.2) is 0 Å². The normalized spacial score (nSPS) is 29.6. The summed E-state index contributed by atoms with van der Waals surface area (Å²) in [5.41, 5.74) is 1.17. The Hall–Kier alpha value is -0.610. The monoisotopic (exact) mass is 340 g/mol. The average molecular weight is 341 g/mol. The molecule has 2 aliphatic rings. The molecule has 110 valence electrons. The molecule has 0 amide bonds. The van der Waals surface area contributed by atoms with E-state index in [2.05, 4.69) is 33.1 Å². The van der Waals surface area contributed by atoms with Crippen LogP contribution in [0.15, 0.2) is 22.7 Å². The second-order valence-electron chi connectivity index (χ2n) is 5.97. The Labute approximate surface area is 128 Å². The molecule has 1 aromatic rings. The molecule has 2 bridgehead atoms. The van der Waals surface area contributed by atoms with E-state index in [9.17, 15) is 4.39 Å². The van der Waals surface area contributed by atoms with Gasteiger partial charge in [-0.05, 0) is 72.8 Å². The van der Waals surface area contributed by atoms with Gasteiger partial charge in [-0.25, -0.2) is 4.39 Å². The van der Waals surface area contributed by atoms with Crippen molar-refractivity contribution in [2.75, 3.05) is 11.4 Å².